The van der Waals surface area contributed by atoms with E-state index in [9.17, 15) is 26.4 Å². The first-order valence-corrected chi connectivity index (χ1v) is 14.3. The van der Waals surface area contributed by atoms with Gasteiger partial charge in [-0.25, -0.2) is 26.6 Å². The maximum absolute atomic E-state index is 13.1. The van der Waals surface area contributed by atoms with E-state index < -0.39 is 31.7 Å². The number of nitrogens with zero attached hydrogens (tertiary/aromatic N) is 2. The van der Waals surface area contributed by atoms with Crippen molar-refractivity contribution in [3.05, 3.63) is 34.8 Å². The molecular weight excluding hydrogens is 490 g/mol. The summed E-state index contributed by atoms with van der Waals surface area (Å²) >= 11 is 1.03. The Labute approximate surface area is 196 Å². The van der Waals surface area contributed by atoms with Gasteiger partial charge < -0.3 is 10.1 Å². The summed E-state index contributed by atoms with van der Waals surface area (Å²) in [4.78, 5) is 28.6. The summed E-state index contributed by atoms with van der Waals surface area (Å²) in [6, 6.07) is 5.49. The number of nitrogens with one attached hydrogen (secondary N) is 1. The third-order valence-corrected chi connectivity index (χ3v) is 9.47. The van der Waals surface area contributed by atoms with E-state index in [0.717, 1.165) is 17.6 Å². The molecule has 1 N–H and O–H groups in total. The second-order valence-electron chi connectivity index (χ2n) is 7.54. The fraction of sp³-hybridized carbons (Fsp3) is 0.450. The van der Waals surface area contributed by atoms with E-state index in [4.69, 9.17) is 4.74 Å². The Morgan fingerprint density at radius 2 is 1.76 bits per heavy atom. The van der Waals surface area contributed by atoms with Crippen molar-refractivity contribution in [2.45, 2.75) is 36.5 Å². The van der Waals surface area contributed by atoms with Gasteiger partial charge in [0, 0.05) is 25.3 Å². The zero-order valence-corrected chi connectivity index (χ0v) is 20.8. The van der Waals surface area contributed by atoms with Crippen molar-refractivity contribution in [2.24, 2.45) is 5.92 Å². The van der Waals surface area contributed by atoms with E-state index in [0.29, 0.717) is 10.6 Å². The largest absolute Gasteiger partial charge is 0.462 e. The Kier molecular flexibility index (Phi) is 7.56. The van der Waals surface area contributed by atoms with E-state index >= 15 is 0 Å². The number of carbonyl (C=O) groups excluding carboxylic acids is 2. The number of carbonyl (C=O) groups is 2. The third-order valence-electron chi connectivity index (χ3n) is 5.18. The zero-order valence-electron chi connectivity index (χ0n) is 18.4. The van der Waals surface area contributed by atoms with Gasteiger partial charge in [0.25, 0.3) is 0 Å². The Bertz CT molecular complexity index is 1260. The summed E-state index contributed by atoms with van der Waals surface area (Å²) in [6.45, 7) is 3.72. The van der Waals surface area contributed by atoms with Crippen molar-refractivity contribution < 1.29 is 31.2 Å². The van der Waals surface area contributed by atoms with E-state index in [-0.39, 0.29) is 53.4 Å². The van der Waals surface area contributed by atoms with Gasteiger partial charge in [-0.05, 0) is 38.8 Å². The number of aromatic nitrogens is 1. The number of sulfone groups is 1. The first kappa shape index (κ1) is 25.3. The molecule has 0 spiro atoms. The molecule has 2 aromatic rings. The van der Waals surface area contributed by atoms with Crippen LogP contribution in [0.4, 0.5) is 5.13 Å². The van der Waals surface area contributed by atoms with Crippen molar-refractivity contribution in [1.29, 1.82) is 0 Å². The van der Waals surface area contributed by atoms with Gasteiger partial charge in [-0.15, -0.1) is 0 Å². The second-order valence-corrected chi connectivity index (χ2v) is 12.4. The molecule has 13 heteroatoms. The quantitative estimate of drug-likeness (QED) is 0.553. The summed E-state index contributed by atoms with van der Waals surface area (Å²) in [6.07, 6.45) is 1.49. The maximum Gasteiger partial charge on any atom is 0.350 e. The summed E-state index contributed by atoms with van der Waals surface area (Å²) in [5.41, 5.74) is 0.458. The topological polar surface area (TPSA) is 140 Å². The predicted molar refractivity (Wildman–Crippen MR) is 122 cm³/mol. The van der Waals surface area contributed by atoms with Crippen molar-refractivity contribution in [3.63, 3.8) is 0 Å². The van der Waals surface area contributed by atoms with Crippen LogP contribution in [0.15, 0.2) is 34.1 Å². The molecule has 10 nitrogen and oxygen atoms in total. The number of hydrogen-bond donors (Lipinski definition) is 1. The fourth-order valence-electron chi connectivity index (χ4n) is 3.51. The molecule has 1 aromatic heterocycles. The number of ether oxygens (including phenoxy) is 1. The molecule has 1 aliphatic heterocycles. The number of hydrogen-bond acceptors (Lipinski definition) is 9. The number of thiazole rings is 1. The van der Waals surface area contributed by atoms with E-state index in [1.807, 2.05) is 0 Å². The van der Waals surface area contributed by atoms with Crippen LogP contribution < -0.4 is 5.32 Å². The van der Waals surface area contributed by atoms with Crippen LogP contribution in [-0.2, 0) is 29.4 Å². The first-order valence-electron chi connectivity index (χ1n) is 10.2. The lowest BCUT2D eigenvalue weighted by Crippen LogP contribution is -2.41. The molecule has 0 atom stereocenters. The molecule has 33 heavy (non-hydrogen) atoms. The van der Waals surface area contributed by atoms with Crippen molar-refractivity contribution in [2.75, 3.05) is 31.3 Å². The van der Waals surface area contributed by atoms with E-state index in [1.54, 1.807) is 13.8 Å². The molecule has 1 fully saturated rings. The lowest BCUT2D eigenvalue weighted by atomic mass is 9.97. The SMILES string of the molecule is CCOC(=O)c1sc(NC(=O)C2CCN(S(=O)(=O)c3ccccc3S(C)(=O)=O)CC2)nc1C. The second kappa shape index (κ2) is 9.87. The van der Waals surface area contributed by atoms with Crippen LogP contribution in [0.3, 0.4) is 0 Å². The smallest absolute Gasteiger partial charge is 0.350 e. The highest BCUT2D eigenvalue weighted by molar-refractivity contribution is 7.93. The standard InChI is InChI=1S/C20H25N3O7S3/c1-4-30-19(25)17-13(2)21-20(31-17)22-18(24)14-9-11-23(12-10-14)33(28,29)16-8-6-5-7-15(16)32(3,26)27/h5-8,14H,4,9-12H2,1-3H3,(H,21,22,24). The van der Waals surface area contributed by atoms with Crippen LogP contribution >= 0.6 is 11.3 Å². The molecule has 1 aromatic carbocycles. The molecule has 1 amide bonds. The van der Waals surface area contributed by atoms with Crippen LogP contribution in [0, 0.1) is 12.8 Å². The first-order chi connectivity index (χ1) is 15.4. The highest BCUT2D eigenvalue weighted by atomic mass is 32.2. The number of anilines is 1. The summed E-state index contributed by atoms with van der Waals surface area (Å²) < 4.78 is 56.4. The number of sulfonamides is 1. The molecule has 0 saturated carbocycles. The minimum Gasteiger partial charge on any atom is -0.462 e. The molecule has 1 aliphatic rings. The van der Waals surface area contributed by atoms with E-state index in [2.05, 4.69) is 10.3 Å². The zero-order chi connectivity index (χ0) is 24.4. The number of rotatable bonds is 7. The van der Waals surface area contributed by atoms with Gasteiger partial charge in [0.05, 0.1) is 17.2 Å². The summed E-state index contributed by atoms with van der Waals surface area (Å²) in [7, 11) is -7.77. The van der Waals surface area contributed by atoms with Gasteiger partial charge >= 0.3 is 5.97 Å². The van der Waals surface area contributed by atoms with Crippen molar-refractivity contribution in [1.82, 2.24) is 9.29 Å². The highest BCUT2D eigenvalue weighted by Crippen LogP contribution is 2.29. The average Bonchev–Trinajstić information content (AvgIpc) is 3.13. The predicted octanol–water partition coefficient (Wildman–Crippen LogP) is 2.07. The number of piperidine rings is 1. The van der Waals surface area contributed by atoms with Crippen molar-refractivity contribution >= 4 is 48.2 Å². The number of amides is 1. The molecular formula is C20H25N3O7S3. The Morgan fingerprint density at radius 1 is 1.15 bits per heavy atom. The summed E-state index contributed by atoms with van der Waals surface area (Å²) in [5.74, 6) is -1.26. The van der Waals surface area contributed by atoms with Crippen LogP contribution in [0.2, 0.25) is 0 Å². The van der Waals surface area contributed by atoms with Gasteiger partial charge in [-0.2, -0.15) is 4.31 Å². The minimum absolute atomic E-state index is 0.0729. The number of esters is 1. The van der Waals surface area contributed by atoms with Gasteiger partial charge in [-0.1, -0.05) is 23.5 Å². The van der Waals surface area contributed by atoms with Gasteiger partial charge in [0.1, 0.15) is 9.77 Å². The Hall–Kier alpha value is -2.35. The molecule has 1 saturated heterocycles. The maximum atomic E-state index is 13.1. The molecule has 2 heterocycles. The van der Waals surface area contributed by atoms with Crippen LogP contribution in [0.25, 0.3) is 0 Å². The minimum atomic E-state index is -4.04. The molecule has 0 unspecified atom stereocenters. The van der Waals surface area contributed by atoms with Crippen LogP contribution in [0.1, 0.15) is 35.1 Å². The van der Waals surface area contributed by atoms with Gasteiger partial charge in [0.2, 0.25) is 15.9 Å². The molecule has 0 aliphatic carbocycles. The molecule has 180 valence electrons. The summed E-state index contributed by atoms with van der Waals surface area (Å²) in [5, 5.41) is 2.97. The molecule has 0 bridgehead atoms. The van der Waals surface area contributed by atoms with Crippen LogP contribution in [-0.4, -0.2) is 64.0 Å². The third kappa shape index (κ3) is 5.60. The lowest BCUT2D eigenvalue weighted by Gasteiger charge is -2.30. The monoisotopic (exact) mass is 515 g/mol. The lowest BCUT2D eigenvalue weighted by molar-refractivity contribution is -0.120. The van der Waals surface area contributed by atoms with Gasteiger partial charge in [-0.3, -0.25) is 4.79 Å². The fourth-order valence-corrected chi connectivity index (χ4v) is 7.45. The van der Waals surface area contributed by atoms with Gasteiger partial charge in [0.15, 0.2) is 15.0 Å². The normalized spacial score (nSPS) is 15.8. The average molecular weight is 516 g/mol. The molecule has 0 radical (unpaired) electrons. The Balaban J connectivity index is 1.67. The number of aryl methyl sites for hydroxylation is 1. The van der Waals surface area contributed by atoms with Crippen molar-refractivity contribution in [3.8, 4) is 0 Å². The van der Waals surface area contributed by atoms with Crippen LogP contribution in [0.5, 0.6) is 0 Å². The van der Waals surface area contributed by atoms with E-state index in [1.165, 1.54) is 28.6 Å². The Morgan fingerprint density at radius 3 is 2.33 bits per heavy atom. The highest BCUT2D eigenvalue weighted by Gasteiger charge is 2.35. The molecule has 3 rings (SSSR count). The number of benzene rings is 1.